The van der Waals surface area contributed by atoms with Crippen molar-refractivity contribution < 1.29 is 4.99 Å². The monoisotopic (exact) mass is 237 g/mol. The third kappa shape index (κ3) is 5.21. The summed E-state index contributed by atoms with van der Waals surface area (Å²) < 4.78 is 0. The summed E-state index contributed by atoms with van der Waals surface area (Å²) in [5.41, 5.74) is 1.36. The van der Waals surface area contributed by atoms with Gasteiger partial charge in [-0.3, -0.25) is 10.3 Å². The van der Waals surface area contributed by atoms with Crippen LogP contribution in [0.2, 0.25) is 0 Å². The van der Waals surface area contributed by atoms with Crippen LogP contribution in [0.3, 0.4) is 0 Å². The Hall–Kier alpha value is -0.960. The van der Waals surface area contributed by atoms with E-state index in [2.05, 4.69) is 54.5 Å². The fraction of sp³-hybridized carbons (Fsp3) is 0.462. The van der Waals surface area contributed by atoms with Gasteiger partial charge in [0.25, 0.3) is 0 Å². The first kappa shape index (κ1) is 13.1. The average Bonchev–Trinajstić information content (AvgIpc) is 2.34. The average molecular weight is 237 g/mol. The lowest BCUT2D eigenvalue weighted by molar-refractivity contribution is -0.456. The van der Waals surface area contributed by atoms with Crippen molar-refractivity contribution in [2.24, 2.45) is 0 Å². The third-order valence-electron chi connectivity index (χ3n) is 2.10. The lowest BCUT2D eigenvalue weighted by atomic mass is 10.2. The van der Waals surface area contributed by atoms with Gasteiger partial charge in [0.1, 0.15) is 0 Å². The normalized spacial score (nSPS) is 11.5. The highest BCUT2D eigenvalue weighted by molar-refractivity contribution is 8.12. The minimum Gasteiger partial charge on any atom is -0.269 e. The van der Waals surface area contributed by atoms with E-state index in [0.717, 1.165) is 25.3 Å². The van der Waals surface area contributed by atoms with Crippen molar-refractivity contribution in [3.8, 4) is 0 Å². The van der Waals surface area contributed by atoms with Gasteiger partial charge < -0.3 is 0 Å². The van der Waals surface area contributed by atoms with Crippen LogP contribution in [-0.4, -0.2) is 18.3 Å². The Morgan fingerprint density at radius 2 is 2.00 bits per heavy atom. The standard InChI is InChI=1S/C13H20N2S/c1-3-10-15-13(14-4-2)16-11-12-8-6-5-7-9-12/h5-9H,3-4,10-11H2,1-2H3,(H,14,15)/p+1. The highest BCUT2D eigenvalue weighted by Gasteiger charge is 2.05. The van der Waals surface area contributed by atoms with E-state index in [-0.39, 0.29) is 0 Å². The molecule has 0 amide bonds. The molecule has 0 bridgehead atoms. The molecular formula is C13H21N2S+. The highest BCUT2D eigenvalue weighted by Crippen LogP contribution is 2.10. The molecule has 88 valence electrons. The summed E-state index contributed by atoms with van der Waals surface area (Å²) in [6.07, 6.45) is 1.15. The zero-order valence-electron chi connectivity index (χ0n) is 10.1. The third-order valence-corrected chi connectivity index (χ3v) is 3.15. The molecule has 1 rings (SSSR count). The van der Waals surface area contributed by atoms with Gasteiger partial charge in [0.05, 0.1) is 13.1 Å². The van der Waals surface area contributed by atoms with E-state index in [1.165, 1.54) is 10.7 Å². The molecule has 0 unspecified atom stereocenters. The summed E-state index contributed by atoms with van der Waals surface area (Å²) in [6, 6.07) is 10.6. The second-order valence-electron chi connectivity index (χ2n) is 3.56. The van der Waals surface area contributed by atoms with E-state index in [9.17, 15) is 0 Å². The smallest absolute Gasteiger partial charge is 0.269 e. The molecule has 0 saturated carbocycles. The first-order valence-corrected chi connectivity index (χ1v) is 6.86. The van der Waals surface area contributed by atoms with Crippen LogP contribution in [-0.2, 0) is 5.75 Å². The molecule has 0 radical (unpaired) electrons. The van der Waals surface area contributed by atoms with Crippen molar-refractivity contribution in [2.75, 3.05) is 13.1 Å². The summed E-state index contributed by atoms with van der Waals surface area (Å²) in [4.78, 5) is 3.41. The fourth-order valence-electron chi connectivity index (χ4n) is 1.29. The summed E-state index contributed by atoms with van der Waals surface area (Å²) in [5.74, 6) is 1.01. The molecule has 2 nitrogen and oxygen atoms in total. The van der Waals surface area contributed by atoms with Gasteiger partial charge in [-0.05, 0) is 30.7 Å². The van der Waals surface area contributed by atoms with Crippen molar-refractivity contribution in [1.82, 2.24) is 5.32 Å². The van der Waals surface area contributed by atoms with Crippen LogP contribution in [0.15, 0.2) is 30.3 Å². The molecule has 0 aliphatic heterocycles. The van der Waals surface area contributed by atoms with Gasteiger partial charge in [-0.2, -0.15) is 0 Å². The number of benzene rings is 1. The van der Waals surface area contributed by atoms with E-state index in [4.69, 9.17) is 0 Å². The molecule has 0 atom stereocenters. The fourth-order valence-corrected chi connectivity index (χ4v) is 2.25. The van der Waals surface area contributed by atoms with Crippen LogP contribution in [0.25, 0.3) is 0 Å². The van der Waals surface area contributed by atoms with Crippen molar-refractivity contribution in [3.05, 3.63) is 35.9 Å². The largest absolute Gasteiger partial charge is 0.304 e. The molecule has 1 aromatic rings. The minimum absolute atomic E-state index is 0.966. The Balaban J connectivity index is 2.43. The highest BCUT2D eigenvalue weighted by atomic mass is 32.2. The Bertz CT molecular complexity index is 309. The second-order valence-corrected chi connectivity index (χ2v) is 4.55. The van der Waals surface area contributed by atoms with Gasteiger partial charge in [0.15, 0.2) is 0 Å². The molecule has 0 fully saturated rings. The summed E-state index contributed by atoms with van der Waals surface area (Å²) in [5, 5.41) is 4.54. The molecule has 0 aliphatic rings. The van der Waals surface area contributed by atoms with Gasteiger partial charge >= 0.3 is 5.17 Å². The predicted octanol–water partition coefficient (Wildman–Crippen LogP) is 1.38. The van der Waals surface area contributed by atoms with E-state index in [1.54, 1.807) is 0 Å². The van der Waals surface area contributed by atoms with Gasteiger partial charge in [-0.15, -0.1) is 0 Å². The molecule has 0 saturated heterocycles. The zero-order chi connectivity index (χ0) is 11.6. The molecular weight excluding hydrogens is 216 g/mol. The molecule has 3 heteroatoms. The van der Waals surface area contributed by atoms with Gasteiger partial charge in [-0.25, -0.2) is 0 Å². The maximum atomic E-state index is 3.41. The lowest BCUT2D eigenvalue weighted by Crippen LogP contribution is -2.75. The van der Waals surface area contributed by atoms with Crippen LogP contribution in [0, 0.1) is 0 Å². The van der Waals surface area contributed by atoms with Crippen molar-refractivity contribution >= 4 is 16.9 Å². The number of amidine groups is 1. The van der Waals surface area contributed by atoms with E-state index in [1.807, 2.05) is 11.8 Å². The zero-order valence-corrected chi connectivity index (χ0v) is 10.9. The number of nitrogens with one attached hydrogen (secondary N) is 2. The summed E-state index contributed by atoms with van der Waals surface area (Å²) >= 11 is 1.83. The summed E-state index contributed by atoms with van der Waals surface area (Å²) in [6.45, 7) is 6.30. The van der Waals surface area contributed by atoms with Crippen LogP contribution >= 0.6 is 11.8 Å². The first-order chi connectivity index (χ1) is 7.86. The molecule has 16 heavy (non-hydrogen) atoms. The van der Waals surface area contributed by atoms with E-state index >= 15 is 0 Å². The lowest BCUT2D eigenvalue weighted by Gasteiger charge is -2.01. The Kier molecular flexibility index (Phi) is 6.74. The quantitative estimate of drug-likeness (QED) is 0.598. The van der Waals surface area contributed by atoms with Gasteiger partial charge in [0.2, 0.25) is 0 Å². The number of rotatable bonds is 5. The topological polar surface area (TPSA) is 26.0 Å². The van der Waals surface area contributed by atoms with Gasteiger partial charge in [-0.1, -0.05) is 37.3 Å². The minimum atomic E-state index is 0.966. The van der Waals surface area contributed by atoms with E-state index in [0.29, 0.717) is 0 Å². The summed E-state index contributed by atoms with van der Waals surface area (Å²) in [7, 11) is 0. The van der Waals surface area contributed by atoms with Crippen molar-refractivity contribution in [1.29, 1.82) is 0 Å². The first-order valence-electron chi connectivity index (χ1n) is 5.88. The maximum Gasteiger partial charge on any atom is 0.304 e. The Morgan fingerprint density at radius 1 is 1.25 bits per heavy atom. The molecule has 2 N–H and O–H groups in total. The molecule has 0 heterocycles. The molecule has 0 aliphatic carbocycles. The van der Waals surface area contributed by atoms with E-state index < -0.39 is 0 Å². The molecule has 0 spiro atoms. The SMILES string of the molecule is CCC[NH+]=C(NCC)SCc1ccccc1. The van der Waals surface area contributed by atoms with Crippen LogP contribution in [0.4, 0.5) is 0 Å². The number of thioether (sulfide) groups is 1. The van der Waals surface area contributed by atoms with Crippen LogP contribution < -0.4 is 10.3 Å². The van der Waals surface area contributed by atoms with Crippen LogP contribution in [0.5, 0.6) is 0 Å². The van der Waals surface area contributed by atoms with Crippen molar-refractivity contribution in [3.63, 3.8) is 0 Å². The maximum absolute atomic E-state index is 3.41. The van der Waals surface area contributed by atoms with Gasteiger partial charge in [0, 0.05) is 5.75 Å². The molecule has 0 aromatic heterocycles. The molecule has 1 aromatic carbocycles. The Morgan fingerprint density at radius 3 is 2.62 bits per heavy atom. The van der Waals surface area contributed by atoms with Crippen LogP contribution in [0.1, 0.15) is 25.8 Å². The van der Waals surface area contributed by atoms with Crippen molar-refractivity contribution in [2.45, 2.75) is 26.0 Å². The number of hydrogen-bond acceptors (Lipinski definition) is 1. The predicted molar refractivity (Wildman–Crippen MR) is 72.5 cm³/mol. The second kappa shape index (κ2) is 8.22. The number of hydrogen-bond donors (Lipinski definition) is 2. The Labute approximate surface area is 103 Å².